The van der Waals surface area contributed by atoms with Crippen LogP contribution in [0.3, 0.4) is 0 Å². The summed E-state index contributed by atoms with van der Waals surface area (Å²) in [6.07, 6.45) is 0. The highest BCUT2D eigenvalue weighted by Gasteiger charge is 2.25. The molecule has 7 nitrogen and oxygen atoms in total. The molecule has 150 valence electrons. The molecular weight excluding hydrogens is 382 g/mol. The summed E-state index contributed by atoms with van der Waals surface area (Å²) in [6, 6.07) is 8.78. The van der Waals surface area contributed by atoms with Gasteiger partial charge in [0.1, 0.15) is 11.5 Å². The number of carbonyl (C=O) groups excluding carboxylic acids is 2. The van der Waals surface area contributed by atoms with E-state index in [9.17, 15) is 9.59 Å². The average Bonchev–Trinajstić information content (AvgIpc) is 3.13. The molecule has 1 aromatic heterocycles. The van der Waals surface area contributed by atoms with Crippen LogP contribution < -0.4 is 10.1 Å². The first kappa shape index (κ1) is 20.2. The van der Waals surface area contributed by atoms with Gasteiger partial charge in [-0.3, -0.25) is 14.5 Å². The number of piperazine rings is 1. The molecule has 0 saturated carbocycles. The van der Waals surface area contributed by atoms with E-state index in [1.54, 1.807) is 42.3 Å². The van der Waals surface area contributed by atoms with Gasteiger partial charge in [0.2, 0.25) is 5.91 Å². The Labute approximate surface area is 169 Å². The molecule has 1 aliphatic heterocycles. The Morgan fingerprint density at radius 3 is 2.57 bits per heavy atom. The first-order chi connectivity index (χ1) is 13.5. The lowest BCUT2D eigenvalue weighted by Crippen LogP contribution is -2.51. The molecule has 1 N–H and O–H groups in total. The second kappa shape index (κ2) is 9.12. The summed E-state index contributed by atoms with van der Waals surface area (Å²) in [5.74, 6) is 1.58. The molecule has 0 spiro atoms. The molecule has 0 aliphatic carbocycles. The molecule has 0 unspecified atom stereocenters. The fraction of sp³-hybridized carbons (Fsp3) is 0.400. The molecule has 0 atom stereocenters. The molecular formula is C20H24ClN3O4. The first-order valence-corrected chi connectivity index (χ1v) is 9.51. The summed E-state index contributed by atoms with van der Waals surface area (Å²) in [4.78, 5) is 28.5. The fourth-order valence-corrected chi connectivity index (χ4v) is 3.35. The van der Waals surface area contributed by atoms with Gasteiger partial charge in [0.05, 0.1) is 13.7 Å². The number of hydrogen-bond acceptors (Lipinski definition) is 5. The lowest BCUT2D eigenvalue weighted by molar-refractivity contribution is -0.122. The number of carbonyl (C=O) groups is 2. The summed E-state index contributed by atoms with van der Waals surface area (Å²) < 4.78 is 10.7. The topological polar surface area (TPSA) is 75.0 Å². The van der Waals surface area contributed by atoms with Crippen LogP contribution in [0.5, 0.6) is 5.75 Å². The van der Waals surface area contributed by atoms with E-state index in [2.05, 4.69) is 5.32 Å². The number of amides is 2. The summed E-state index contributed by atoms with van der Waals surface area (Å²) in [5.41, 5.74) is 0.826. The second-order valence-corrected chi connectivity index (χ2v) is 7.15. The smallest absolute Gasteiger partial charge is 0.289 e. The molecule has 2 heterocycles. The van der Waals surface area contributed by atoms with Crippen molar-refractivity contribution in [3.05, 3.63) is 52.4 Å². The minimum atomic E-state index is -0.106. The number of halogens is 1. The Hall–Kier alpha value is -2.51. The predicted octanol–water partition coefficient (Wildman–Crippen LogP) is 2.32. The number of aryl methyl sites for hydroxylation is 1. The number of nitrogens with zero attached hydrogens (tertiary/aromatic N) is 2. The van der Waals surface area contributed by atoms with Gasteiger partial charge in [0.15, 0.2) is 5.76 Å². The average molecular weight is 406 g/mol. The molecule has 1 aromatic carbocycles. The Morgan fingerprint density at radius 1 is 1.18 bits per heavy atom. The molecule has 3 rings (SSSR count). The summed E-state index contributed by atoms with van der Waals surface area (Å²) in [7, 11) is 1.58. The van der Waals surface area contributed by atoms with Crippen LogP contribution in [0.15, 0.2) is 34.7 Å². The quantitative estimate of drug-likeness (QED) is 0.798. The monoisotopic (exact) mass is 405 g/mol. The molecule has 8 heteroatoms. The maximum atomic E-state index is 12.4. The van der Waals surface area contributed by atoms with Crippen molar-refractivity contribution in [3.8, 4) is 5.75 Å². The van der Waals surface area contributed by atoms with E-state index < -0.39 is 0 Å². The highest BCUT2D eigenvalue weighted by Crippen LogP contribution is 2.22. The molecule has 0 radical (unpaired) electrons. The number of rotatable bonds is 6. The summed E-state index contributed by atoms with van der Waals surface area (Å²) in [6.45, 7) is 4.84. The van der Waals surface area contributed by atoms with Crippen LogP contribution in [-0.2, 0) is 11.3 Å². The van der Waals surface area contributed by atoms with Crippen molar-refractivity contribution in [2.24, 2.45) is 0 Å². The number of hydrogen-bond donors (Lipinski definition) is 1. The Kier molecular flexibility index (Phi) is 6.59. The van der Waals surface area contributed by atoms with Crippen molar-refractivity contribution in [2.75, 3.05) is 39.8 Å². The molecule has 2 aromatic rings. The van der Waals surface area contributed by atoms with Crippen molar-refractivity contribution < 1.29 is 18.7 Å². The van der Waals surface area contributed by atoms with E-state index in [0.29, 0.717) is 49.3 Å². The Bertz CT molecular complexity index is 844. The van der Waals surface area contributed by atoms with E-state index in [-0.39, 0.29) is 18.4 Å². The summed E-state index contributed by atoms with van der Waals surface area (Å²) >= 11 is 6.01. The second-order valence-electron chi connectivity index (χ2n) is 6.71. The van der Waals surface area contributed by atoms with Gasteiger partial charge in [0, 0.05) is 43.3 Å². The summed E-state index contributed by atoms with van der Waals surface area (Å²) in [5, 5.41) is 3.49. The Morgan fingerprint density at radius 2 is 1.93 bits per heavy atom. The minimum Gasteiger partial charge on any atom is -0.496 e. The third-order valence-corrected chi connectivity index (χ3v) is 4.93. The van der Waals surface area contributed by atoms with Crippen LogP contribution in [0.4, 0.5) is 0 Å². The maximum absolute atomic E-state index is 12.4. The molecule has 2 amide bonds. The molecule has 1 saturated heterocycles. The van der Waals surface area contributed by atoms with Gasteiger partial charge in [-0.2, -0.15) is 0 Å². The number of ether oxygens (including phenoxy) is 1. The SMILES string of the molecule is COc1ccc(Cl)cc1CNC(=O)CN1CCN(C(=O)c2ccc(C)o2)CC1. The maximum Gasteiger partial charge on any atom is 0.289 e. The van der Waals surface area contributed by atoms with Crippen molar-refractivity contribution >= 4 is 23.4 Å². The zero-order chi connectivity index (χ0) is 20.1. The first-order valence-electron chi connectivity index (χ1n) is 9.13. The fourth-order valence-electron chi connectivity index (χ4n) is 3.15. The van der Waals surface area contributed by atoms with Gasteiger partial charge in [-0.05, 0) is 37.3 Å². The molecule has 28 heavy (non-hydrogen) atoms. The normalized spacial score (nSPS) is 14.8. The zero-order valence-electron chi connectivity index (χ0n) is 16.0. The lowest BCUT2D eigenvalue weighted by Gasteiger charge is -2.33. The van der Waals surface area contributed by atoms with E-state index in [1.807, 2.05) is 11.8 Å². The standard InChI is InChI=1S/C20H24ClN3O4/c1-14-3-5-18(28-14)20(26)24-9-7-23(8-10-24)13-19(25)22-12-15-11-16(21)4-6-17(15)27-2/h3-6,11H,7-10,12-13H2,1-2H3,(H,22,25). The van der Waals surface area contributed by atoms with E-state index in [4.69, 9.17) is 20.8 Å². The van der Waals surface area contributed by atoms with Crippen molar-refractivity contribution in [3.63, 3.8) is 0 Å². The van der Waals surface area contributed by atoms with Gasteiger partial charge in [-0.1, -0.05) is 11.6 Å². The zero-order valence-corrected chi connectivity index (χ0v) is 16.8. The van der Waals surface area contributed by atoms with E-state index in [1.165, 1.54) is 0 Å². The number of methoxy groups -OCH3 is 1. The highest BCUT2D eigenvalue weighted by atomic mass is 35.5. The predicted molar refractivity (Wildman–Crippen MR) is 106 cm³/mol. The highest BCUT2D eigenvalue weighted by molar-refractivity contribution is 6.30. The number of nitrogens with one attached hydrogen (secondary N) is 1. The van der Waals surface area contributed by atoms with E-state index in [0.717, 1.165) is 11.3 Å². The molecule has 0 bridgehead atoms. The third-order valence-electron chi connectivity index (χ3n) is 4.70. The van der Waals surface area contributed by atoms with Gasteiger partial charge in [-0.25, -0.2) is 0 Å². The van der Waals surface area contributed by atoms with E-state index >= 15 is 0 Å². The van der Waals surface area contributed by atoms with Crippen molar-refractivity contribution in [2.45, 2.75) is 13.5 Å². The minimum absolute atomic E-state index is 0.0801. The van der Waals surface area contributed by atoms with Gasteiger partial charge in [0.25, 0.3) is 5.91 Å². The lowest BCUT2D eigenvalue weighted by atomic mass is 10.2. The largest absolute Gasteiger partial charge is 0.496 e. The number of furan rings is 1. The van der Waals surface area contributed by atoms with Crippen molar-refractivity contribution in [1.29, 1.82) is 0 Å². The Balaban J connectivity index is 1.45. The van der Waals surface area contributed by atoms with Crippen LogP contribution in [-0.4, -0.2) is 61.4 Å². The van der Waals surface area contributed by atoms with Crippen LogP contribution in [0, 0.1) is 6.92 Å². The van der Waals surface area contributed by atoms with Crippen LogP contribution in [0.2, 0.25) is 5.02 Å². The third kappa shape index (κ3) is 5.05. The van der Waals surface area contributed by atoms with Crippen molar-refractivity contribution in [1.82, 2.24) is 15.1 Å². The van der Waals surface area contributed by atoms with Gasteiger partial charge < -0.3 is 19.4 Å². The van der Waals surface area contributed by atoms with Crippen LogP contribution in [0.1, 0.15) is 21.9 Å². The molecule has 1 aliphatic rings. The molecule has 1 fully saturated rings. The van der Waals surface area contributed by atoms with Gasteiger partial charge in [-0.15, -0.1) is 0 Å². The number of benzene rings is 1. The van der Waals surface area contributed by atoms with Crippen LogP contribution in [0.25, 0.3) is 0 Å². The van der Waals surface area contributed by atoms with Crippen LogP contribution >= 0.6 is 11.6 Å². The van der Waals surface area contributed by atoms with Gasteiger partial charge >= 0.3 is 0 Å².